The number of rotatable bonds is 5. The smallest absolute Gasteiger partial charge is 0.328 e. The average molecular weight is 362 g/mol. The first kappa shape index (κ1) is 17.7. The molecule has 3 aromatic carbocycles. The second-order valence-corrected chi connectivity index (χ2v) is 6.17. The molecule has 0 aromatic heterocycles. The lowest BCUT2D eigenvalue weighted by Gasteiger charge is -2.11. The minimum Gasteiger partial charge on any atom is -0.459 e. The largest absolute Gasteiger partial charge is 0.459 e. The quantitative estimate of drug-likeness (QED) is 0.460. The van der Waals surface area contributed by atoms with Crippen LogP contribution in [0.5, 0.6) is 0 Å². The summed E-state index contributed by atoms with van der Waals surface area (Å²) in [5.41, 5.74) is 3.91. The molecule has 3 nitrogen and oxygen atoms in total. The first-order chi connectivity index (χ1) is 12.7. The van der Waals surface area contributed by atoms with Gasteiger partial charge in [0, 0.05) is 0 Å². The molecule has 0 aliphatic carbocycles. The van der Waals surface area contributed by atoms with Gasteiger partial charge in [0.1, 0.15) is 6.61 Å². The van der Waals surface area contributed by atoms with Crippen molar-refractivity contribution in [3.8, 4) is 17.2 Å². The van der Waals surface area contributed by atoms with E-state index < -0.39 is 11.3 Å². The Kier molecular flexibility index (Phi) is 5.68. The van der Waals surface area contributed by atoms with Crippen LogP contribution in [-0.2, 0) is 16.1 Å². The Labute approximate surface area is 157 Å². The lowest BCUT2D eigenvalue weighted by atomic mass is 9.99. The molecule has 128 valence electrons. The van der Waals surface area contributed by atoms with Gasteiger partial charge in [0.05, 0.1) is 11.6 Å². The third-order valence-corrected chi connectivity index (χ3v) is 4.42. The zero-order chi connectivity index (χ0) is 18.4. The van der Waals surface area contributed by atoms with Gasteiger partial charge in [0.15, 0.2) is 5.38 Å². The Morgan fingerprint density at radius 1 is 0.962 bits per heavy atom. The van der Waals surface area contributed by atoms with Crippen LogP contribution in [0.3, 0.4) is 0 Å². The average Bonchev–Trinajstić information content (AvgIpc) is 2.72. The molecule has 0 amide bonds. The Morgan fingerprint density at radius 3 is 2.31 bits per heavy atom. The molecule has 0 radical (unpaired) electrons. The molecule has 4 heteroatoms. The number of benzene rings is 3. The first-order valence-electron chi connectivity index (χ1n) is 8.13. The number of nitriles is 1. The van der Waals surface area contributed by atoms with Crippen LogP contribution in [0.1, 0.15) is 22.1 Å². The van der Waals surface area contributed by atoms with Crippen molar-refractivity contribution >= 4 is 17.6 Å². The second kappa shape index (κ2) is 8.33. The third-order valence-electron chi connectivity index (χ3n) is 3.99. The van der Waals surface area contributed by atoms with Crippen molar-refractivity contribution in [1.82, 2.24) is 0 Å². The van der Waals surface area contributed by atoms with Crippen molar-refractivity contribution in [3.63, 3.8) is 0 Å². The van der Waals surface area contributed by atoms with E-state index in [0.29, 0.717) is 11.1 Å². The van der Waals surface area contributed by atoms with Crippen molar-refractivity contribution in [1.29, 1.82) is 5.26 Å². The van der Waals surface area contributed by atoms with Gasteiger partial charge in [0.25, 0.3) is 0 Å². The lowest BCUT2D eigenvalue weighted by Crippen LogP contribution is -2.11. The van der Waals surface area contributed by atoms with Crippen molar-refractivity contribution in [3.05, 3.63) is 95.6 Å². The number of esters is 1. The van der Waals surface area contributed by atoms with E-state index in [1.807, 2.05) is 60.7 Å². The van der Waals surface area contributed by atoms with E-state index in [4.69, 9.17) is 16.3 Å². The summed E-state index contributed by atoms with van der Waals surface area (Å²) in [5, 5.41) is 8.34. The van der Waals surface area contributed by atoms with Gasteiger partial charge in [-0.15, -0.1) is 11.6 Å². The Hall–Kier alpha value is -3.09. The molecule has 0 saturated carbocycles. The molecule has 0 aliphatic rings. The number of nitrogens with zero attached hydrogens (tertiary/aromatic N) is 1. The first-order valence-corrected chi connectivity index (χ1v) is 8.57. The Balaban J connectivity index is 1.69. The van der Waals surface area contributed by atoms with Crippen molar-refractivity contribution in [2.24, 2.45) is 0 Å². The topological polar surface area (TPSA) is 50.1 Å². The summed E-state index contributed by atoms with van der Waals surface area (Å²) in [6.45, 7) is 0.191. The highest BCUT2D eigenvalue weighted by molar-refractivity contribution is 6.29. The van der Waals surface area contributed by atoms with E-state index in [0.717, 1.165) is 16.7 Å². The highest BCUT2D eigenvalue weighted by Crippen LogP contribution is 2.28. The molecule has 1 atom stereocenters. The normalized spacial score (nSPS) is 11.4. The monoisotopic (exact) mass is 361 g/mol. The van der Waals surface area contributed by atoms with Crippen LogP contribution in [0.15, 0.2) is 78.9 Å². The summed E-state index contributed by atoms with van der Waals surface area (Å²) in [6.07, 6.45) is 0. The van der Waals surface area contributed by atoms with Gasteiger partial charge in [0.2, 0.25) is 0 Å². The fraction of sp³-hybridized carbons (Fsp3) is 0.0909. The van der Waals surface area contributed by atoms with Crippen LogP contribution in [0.2, 0.25) is 0 Å². The van der Waals surface area contributed by atoms with E-state index in [2.05, 4.69) is 6.07 Å². The highest BCUT2D eigenvalue weighted by Gasteiger charge is 2.19. The van der Waals surface area contributed by atoms with E-state index in [1.54, 1.807) is 18.2 Å². The third kappa shape index (κ3) is 4.11. The molecule has 0 spiro atoms. The van der Waals surface area contributed by atoms with Crippen molar-refractivity contribution in [2.45, 2.75) is 12.0 Å². The fourth-order valence-electron chi connectivity index (χ4n) is 2.60. The Morgan fingerprint density at radius 2 is 1.62 bits per heavy atom. The maximum Gasteiger partial charge on any atom is 0.328 e. The molecule has 0 aliphatic heterocycles. The minimum absolute atomic E-state index is 0.191. The number of hydrogen-bond donors (Lipinski definition) is 0. The van der Waals surface area contributed by atoms with Gasteiger partial charge < -0.3 is 4.74 Å². The van der Waals surface area contributed by atoms with Gasteiger partial charge in [-0.2, -0.15) is 5.26 Å². The number of alkyl halides is 1. The van der Waals surface area contributed by atoms with E-state index in [1.165, 1.54) is 0 Å². The molecule has 0 N–H and O–H groups in total. The summed E-state index contributed by atoms with van der Waals surface area (Å²) in [4.78, 5) is 12.2. The summed E-state index contributed by atoms with van der Waals surface area (Å²) >= 11 is 6.25. The molecule has 26 heavy (non-hydrogen) atoms. The van der Waals surface area contributed by atoms with Crippen LogP contribution < -0.4 is 0 Å². The lowest BCUT2D eigenvalue weighted by molar-refractivity contribution is -0.144. The number of halogens is 1. The molecule has 0 saturated heterocycles. The van der Waals surface area contributed by atoms with Crippen LogP contribution in [0.4, 0.5) is 0 Å². The SMILES string of the molecule is N#Cc1ccccc1-c1ccc(C(Cl)C(=O)OCc2ccccc2)cc1. The predicted molar refractivity (Wildman–Crippen MR) is 101 cm³/mol. The molecule has 0 fully saturated rings. The van der Waals surface area contributed by atoms with Gasteiger partial charge >= 0.3 is 5.97 Å². The predicted octanol–water partition coefficient (Wildman–Crippen LogP) is 5.25. The summed E-state index contributed by atoms with van der Waals surface area (Å²) in [6, 6.07) is 26.3. The van der Waals surface area contributed by atoms with Gasteiger partial charge in [-0.25, -0.2) is 0 Å². The van der Waals surface area contributed by atoms with Crippen LogP contribution in [0.25, 0.3) is 11.1 Å². The molecule has 1 unspecified atom stereocenters. The van der Waals surface area contributed by atoms with Gasteiger partial charge in [-0.1, -0.05) is 72.8 Å². The number of ether oxygens (including phenoxy) is 1. The summed E-state index contributed by atoms with van der Waals surface area (Å²) in [5.74, 6) is -0.485. The summed E-state index contributed by atoms with van der Waals surface area (Å²) < 4.78 is 5.28. The zero-order valence-electron chi connectivity index (χ0n) is 13.9. The fourth-order valence-corrected chi connectivity index (χ4v) is 2.81. The molecule has 3 rings (SSSR count). The second-order valence-electron chi connectivity index (χ2n) is 5.74. The van der Waals surface area contributed by atoms with Crippen LogP contribution in [-0.4, -0.2) is 5.97 Å². The molecular formula is C22H16ClNO2. The van der Waals surface area contributed by atoms with Crippen LogP contribution >= 0.6 is 11.6 Å². The van der Waals surface area contributed by atoms with Gasteiger partial charge in [-0.3, -0.25) is 4.79 Å². The number of hydrogen-bond acceptors (Lipinski definition) is 3. The molecular weight excluding hydrogens is 346 g/mol. The summed E-state index contributed by atoms with van der Waals surface area (Å²) in [7, 11) is 0. The van der Waals surface area contributed by atoms with E-state index in [-0.39, 0.29) is 6.61 Å². The van der Waals surface area contributed by atoms with Crippen molar-refractivity contribution in [2.75, 3.05) is 0 Å². The standard InChI is InChI=1S/C22H16ClNO2/c23-21(22(25)26-15-16-6-2-1-3-7-16)18-12-10-17(11-13-18)20-9-5-4-8-19(20)14-24/h1-13,21H,15H2. The van der Waals surface area contributed by atoms with E-state index in [9.17, 15) is 10.1 Å². The number of carbonyl (C=O) groups excluding carboxylic acids is 1. The number of carbonyl (C=O) groups is 1. The molecule has 0 bridgehead atoms. The van der Waals surface area contributed by atoms with E-state index >= 15 is 0 Å². The van der Waals surface area contributed by atoms with Crippen molar-refractivity contribution < 1.29 is 9.53 Å². The maximum atomic E-state index is 12.2. The highest BCUT2D eigenvalue weighted by atomic mass is 35.5. The maximum absolute atomic E-state index is 12.2. The molecule has 0 heterocycles. The Bertz CT molecular complexity index is 930. The van der Waals surface area contributed by atoms with Gasteiger partial charge in [-0.05, 0) is 28.3 Å². The zero-order valence-corrected chi connectivity index (χ0v) is 14.7. The van der Waals surface area contributed by atoms with Crippen LogP contribution in [0, 0.1) is 11.3 Å². The molecule has 3 aromatic rings. The minimum atomic E-state index is -0.876.